The zero-order chi connectivity index (χ0) is 30.7. The first-order chi connectivity index (χ1) is 20.6. The molecule has 11 nitrogen and oxygen atoms in total. The summed E-state index contributed by atoms with van der Waals surface area (Å²) in [6.07, 6.45) is -5.27. The van der Waals surface area contributed by atoms with Crippen molar-refractivity contribution in [3.63, 3.8) is 0 Å². The molecule has 5 aliphatic carbocycles. The summed E-state index contributed by atoms with van der Waals surface area (Å²) in [6, 6.07) is 8.25. The average Bonchev–Trinajstić information content (AvgIpc) is 3.39. The summed E-state index contributed by atoms with van der Waals surface area (Å²) in [5.74, 6) is -2.94. The Morgan fingerprint density at radius 3 is 2.30 bits per heavy atom. The summed E-state index contributed by atoms with van der Waals surface area (Å²) in [6.45, 7) is 3.46. The Bertz CT molecular complexity index is 1260. The number of nitrogens with zero attached hydrogens (tertiary/aromatic N) is 1. The number of likely N-dealkylation sites (tertiary alicyclic amines) is 1. The third-order valence-electron chi connectivity index (χ3n) is 12.9. The molecule has 0 radical (unpaired) electrons. The molecule has 0 amide bonds. The van der Waals surface area contributed by atoms with Crippen molar-refractivity contribution in [1.29, 1.82) is 0 Å². The van der Waals surface area contributed by atoms with Crippen LogP contribution in [-0.4, -0.2) is 133 Å². The molecule has 15 atom stereocenters. The lowest BCUT2D eigenvalue weighted by atomic mass is 9.42. The Labute approximate surface area is 268 Å². The Hall–Kier alpha value is -1.19. The molecular formula is C32H46BrNO10. The second kappa shape index (κ2) is 10.9. The molecule has 12 heteroatoms. The Kier molecular flexibility index (Phi) is 8.13. The minimum Gasteiger partial charge on any atom is -0.455 e. The number of piperidine rings is 1. The Morgan fingerprint density at radius 1 is 1.00 bits per heavy atom. The smallest absolute Gasteiger partial charge is 0.338 e. The molecule has 1 spiro atoms. The highest BCUT2D eigenvalue weighted by Crippen LogP contribution is 2.80. The average molecular weight is 685 g/mol. The van der Waals surface area contributed by atoms with Crippen molar-refractivity contribution in [3.05, 3.63) is 35.9 Å². The number of hydrogen-bond acceptors (Lipinski definition) is 11. The molecule has 246 valence electrons. The first-order valence-electron chi connectivity index (χ1n) is 15.5. The van der Waals surface area contributed by atoms with Gasteiger partial charge in [0.15, 0.2) is 0 Å². The van der Waals surface area contributed by atoms with Gasteiger partial charge in [-0.3, -0.25) is 4.90 Å². The van der Waals surface area contributed by atoms with Crippen LogP contribution in [0.3, 0.4) is 0 Å². The van der Waals surface area contributed by atoms with Crippen LogP contribution in [-0.2, 0) is 23.7 Å². The van der Waals surface area contributed by atoms with E-state index >= 15 is 0 Å². The third kappa shape index (κ3) is 3.56. The minimum atomic E-state index is -1.86. The van der Waals surface area contributed by atoms with Crippen molar-refractivity contribution < 1.29 is 48.9 Å². The predicted molar refractivity (Wildman–Crippen MR) is 161 cm³/mol. The van der Waals surface area contributed by atoms with Gasteiger partial charge in [0.2, 0.25) is 0 Å². The van der Waals surface area contributed by atoms with Gasteiger partial charge in [-0.1, -0.05) is 25.1 Å². The van der Waals surface area contributed by atoms with Gasteiger partial charge in [-0.25, -0.2) is 4.79 Å². The van der Waals surface area contributed by atoms with Crippen molar-refractivity contribution in [1.82, 2.24) is 4.90 Å². The molecule has 6 aliphatic rings. The first kappa shape index (κ1) is 32.7. The van der Waals surface area contributed by atoms with E-state index in [4.69, 9.17) is 23.7 Å². The topological polar surface area (TPSA) is 147 Å². The summed E-state index contributed by atoms with van der Waals surface area (Å²) in [5, 5.41) is 49.7. The molecule has 1 aromatic rings. The molecule has 44 heavy (non-hydrogen) atoms. The number of methoxy groups -OCH3 is 4. The lowest BCUT2D eigenvalue weighted by Crippen LogP contribution is -2.81. The monoisotopic (exact) mass is 683 g/mol. The molecule has 1 heterocycles. The van der Waals surface area contributed by atoms with Crippen molar-refractivity contribution in [2.45, 2.75) is 73.6 Å². The van der Waals surface area contributed by atoms with Crippen molar-refractivity contribution in [2.75, 3.05) is 48.1 Å². The fraction of sp³-hybridized carbons (Fsp3) is 0.781. The lowest BCUT2D eigenvalue weighted by molar-refractivity contribution is -0.320. The quantitative estimate of drug-likeness (QED) is 0.287. The number of carbonyl (C=O) groups excluding carboxylic acids is 1. The van der Waals surface area contributed by atoms with Gasteiger partial charge in [0, 0.05) is 76.0 Å². The fourth-order valence-electron chi connectivity index (χ4n) is 11.9. The molecule has 0 aromatic heterocycles. The van der Waals surface area contributed by atoms with Crippen molar-refractivity contribution in [2.24, 2.45) is 34.5 Å². The van der Waals surface area contributed by atoms with E-state index in [9.17, 15) is 25.2 Å². The van der Waals surface area contributed by atoms with Crippen LogP contribution < -0.4 is 0 Å². The molecule has 1 saturated heterocycles. The third-order valence-corrected chi connectivity index (χ3v) is 12.9. The maximum Gasteiger partial charge on any atom is 0.338 e. The number of esters is 1. The molecular weight excluding hydrogens is 638 g/mol. The van der Waals surface area contributed by atoms with Crippen molar-refractivity contribution >= 4 is 23.0 Å². The van der Waals surface area contributed by atoms with E-state index in [0.717, 1.165) is 0 Å². The van der Waals surface area contributed by atoms with Gasteiger partial charge in [-0.15, -0.1) is 17.0 Å². The van der Waals surface area contributed by atoms with Gasteiger partial charge in [0.25, 0.3) is 0 Å². The second-order valence-electron chi connectivity index (χ2n) is 13.9. The van der Waals surface area contributed by atoms with E-state index in [1.165, 1.54) is 7.11 Å². The number of carbonyl (C=O) groups is 1. The summed E-state index contributed by atoms with van der Waals surface area (Å²) in [4.78, 5) is 15.8. The number of rotatable bonds is 8. The van der Waals surface area contributed by atoms with E-state index in [2.05, 4.69) is 11.8 Å². The van der Waals surface area contributed by atoms with Crippen LogP contribution in [0.1, 0.15) is 30.1 Å². The van der Waals surface area contributed by atoms with Gasteiger partial charge in [-0.2, -0.15) is 0 Å². The van der Waals surface area contributed by atoms with E-state index < -0.39 is 82.4 Å². The molecule has 1 aromatic carbocycles. The van der Waals surface area contributed by atoms with Gasteiger partial charge < -0.3 is 44.1 Å². The SMILES string of the molecule is Br.CCN1C[C@]2(COC)[C@H](O)CC(OC)C34C1C(C(OC)[C@@H]32)[C@]1(O)[C@@H]2[C@H]4C[C@@](O)([C@@H]2OC(=O)c2ccccc2)[C@@H](OC)[C@@H]1O. The van der Waals surface area contributed by atoms with Crippen LogP contribution in [0.25, 0.3) is 0 Å². The van der Waals surface area contributed by atoms with Gasteiger partial charge in [0.05, 0.1) is 30.5 Å². The number of fused-ring (bicyclic) bond motifs is 2. The van der Waals surface area contributed by atoms with E-state index in [1.807, 2.05) is 0 Å². The maximum atomic E-state index is 13.6. The van der Waals surface area contributed by atoms with E-state index in [0.29, 0.717) is 25.1 Å². The van der Waals surface area contributed by atoms with Crippen LogP contribution in [0.5, 0.6) is 0 Å². The largest absolute Gasteiger partial charge is 0.455 e. The molecule has 1 aliphatic heterocycles. The van der Waals surface area contributed by atoms with Crippen LogP contribution in [0.4, 0.5) is 0 Å². The standard InChI is InChI=1S/C32H45NO10.BrH/c1-6-33-14-29(15-39-2)18(34)12-19(40-3)31-17-13-30(37)26(43-28(36)16-10-8-7-9-11-16)20(17)32(38,25(35)27(30)42-5)21(24(31)33)22(41-4)23(29)31;/h7-11,17-27,34-35,37-38H,6,12-15H2,1-5H3;1H/t17-,18-,19?,20-,21?,22?,23-,24?,25+,26-,27+,29+,30-,31?,32-;/m1./s1. The lowest BCUT2D eigenvalue weighted by Gasteiger charge is -2.70. The molecule has 4 N–H and O–H groups in total. The first-order valence-corrected chi connectivity index (χ1v) is 15.5. The highest BCUT2D eigenvalue weighted by molar-refractivity contribution is 8.93. The fourth-order valence-corrected chi connectivity index (χ4v) is 11.9. The number of hydrogen-bond donors (Lipinski definition) is 4. The number of halogens is 1. The number of ether oxygens (including phenoxy) is 5. The number of benzene rings is 1. The van der Waals surface area contributed by atoms with Crippen LogP contribution in [0, 0.1) is 34.5 Å². The zero-order valence-electron chi connectivity index (χ0n) is 25.9. The van der Waals surface area contributed by atoms with Crippen LogP contribution in [0.2, 0.25) is 0 Å². The number of aliphatic hydroxyl groups excluding tert-OH is 2. The highest BCUT2D eigenvalue weighted by Gasteiger charge is 2.91. The molecule has 5 unspecified atom stereocenters. The van der Waals surface area contributed by atoms with Gasteiger partial charge >= 0.3 is 5.97 Å². The van der Waals surface area contributed by atoms with Crippen molar-refractivity contribution in [3.8, 4) is 0 Å². The Morgan fingerprint density at radius 2 is 1.70 bits per heavy atom. The normalized spacial score (nSPS) is 51.5. The number of aliphatic hydroxyl groups is 4. The van der Waals surface area contributed by atoms with Crippen LogP contribution in [0.15, 0.2) is 30.3 Å². The maximum absolute atomic E-state index is 13.6. The second-order valence-corrected chi connectivity index (χ2v) is 13.9. The summed E-state index contributed by atoms with van der Waals surface area (Å²) in [5.41, 5.74) is -4.81. The minimum absolute atomic E-state index is 0. The zero-order valence-corrected chi connectivity index (χ0v) is 27.6. The summed E-state index contributed by atoms with van der Waals surface area (Å²) in [7, 11) is 6.29. The van der Waals surface area contributed by atoms with Crippen LogP contribution >= 0.6 is 17.0 Å². The summed E-state index contributed by atoms with van der Waals surface area (Å²) < 4.78 is 30.5. The highest BCUT2D eigenvalue weighted by atomic mass is 79.9. The Balaban J connectivity index is 0.00000343. The van der Waals surface area contributed by atoms with E-state index in [1.54, 1.807) is 51.7 Å². The van der Waals surface area contributed by atoms with E-state index in [-0.39, 0.29) is 42.0 Å². The van der Waals surface area contributed by atoms with Gasteiger partial charge in [-0.05, 0) is 31.0 Å². The molecule has 7 rings (SSSR count). The molecule has 6 fully saturated rings. The summed E-state index contributed by atoms with van der Waals surface area (Å²) >= 11 is 0. The van der Waals surface area contributed by atoms with Gasteiger partial charge in [0.1, 0.15) is 29.5 Å². The predicted octanol–water partition coefficient (Wildman–Crippen LogP) is 0.655. The molecule has 7 bridgehead atoms. The molecule has 5 saturated carbocycles.